The lowest BCUT2D eigenvalue weighted by Gasteiger charge is -2.17. The number of urea groups is 1. The summed E-state index contributed by atoms with van der Waals surface area (Å²) in [5.41, 5.74) is 0.904. The molecule has 204 valence electrons. The molecule has 0 spiro atoms. The van der Waals surface area contributed by atoms with Crippen molar-refractivity contribution in [3.8, 4) is 23.1 Å². The molecule has 13 heteroatoms. The van der Waals surface area contributed by atoms with Gasteiger partial charge in [0.2, 0.25) is 5.88 Å². The van der Waals surface area contributed by atoms with E-state index in [-0.39, 0.29) is 35.7 Å². The Labute approximate surface area is 223 Å². The average Bonchev–Trinajstić information content (AvgIpc) is 2.87. The summed E-state index contributed by atoms with van der Waals surface area (Å²) in [6.45, 7) is 2.26. The van der Waals surface area contributed by atoms with E-state index in [2.05, 4.69) is 20.6 Å². The maximum Gasteiger partial charge on any atom is 0.319 e. The number of carboxylic acid groups (broad SMARTS) is 1. The van der Waals surface area contributed by atoms with Gasteiger partial charge in [-0.2, -0.15) is 0 Å². The number of ether oxygens (including phenoxy) is 3. The van der Waals surface area contributed by atoms with Gasteiger partial charge in [0.05, 0.1) is 47.4 Å². The number of nitrogens with zero attached hydrogens (tertiary/aromatic N) is 2. The van der Waals surface area contributed by atoms with Crippen molar-refractivity contribution in [3.05, 3.63) is 41.7 Å². The largest absolute Gasteiger partial charge is 0.493 e. The number of carbonyl (C=O) groups excluding carboxylic acids is 1. The van der Waals surface area contributed by atoms with Gasteiger partial charge in [-0.15, -0.1) is 0 Å². The lowest BCUT2D eigenvalue weighted by Crippen LogP contribution is -2.29. The number of aliphatic carboxylic acids is 1. The SMILES string of the molecule is CCCNC(=O)Nc1ccc(Oc2ncnc3cc(OC)c(OC[C@@H](O)C[C@@H](O)CC(=O)O)cc23)cc1Cl. The molecule has 1 aromatic heterocycles. The molecular weight excluding hydrogens is 520 g/mol. The molecule has 0 unspecified atom stereocenters. The minimum absolute atomic E-state index is 0.175. The molecular formula is C25H29ClN4O8. The summed E-state index contributed by atoms with van der Waals surface area (Å²) < 4.78 is 17.0. The van der Waals surface area contributed by atoms with Crippen LogP contribution in [0.4, 0.5) is 10.5 Å². The Bertz CT molecular complexity index is 1280. The summed E-state index contributed by atoms with van der Waals surface area (Å²) in [5.74, 6) is -0.0330. The summed E-state index contributed by atoms with van der Waals surface area (Å²) in [7, 11) is 1.44. The molecule has 3 aromatic rings. The van der Waals surface area contributed by atoms with Crippen molar-refractivity contribution >= 4 is 40.2 Å². The van der Waals surface area contributed by atoms with E-state index in [1.807, 2.05) is 6.92 Å². The first-order valence-corrected chi connectivity index (χ1v) is 12.1. The van der Waals surface area contributed by atoms with Crippen molar-refractivity contribution < 1.29 is 39.1 Å². The van der Waals surface area contributed by atoms with Crippen LogP contribution in [0.1, 0.15) is 26.2 Å². The molecule has 1 heterocycles. The van der Waals surface area contributed by atoms with E-state index in [0.717, 1.165) is 6.42 Å². The number of hydrogen-bond acceptors (Lipinski definition) is 9. The van der Waals surface area contributed by atoms with Crippen molar-refractivity contribution in [2.75, 3.05) is 25.6 Å². The second-order valence-corrected chi connectivity index (χ2v) is 8.68. The number of methoxy groups -OCH3 is 1. The van der Waals surface area contributed by atoms with E-state index >= 15 is 0 Å². The lowest BCUT2D eigenvalue weighted by molar-refractivity contribution is -0.139. The van der Waals surface area contributed by atoms with Crippen LogP contribution in [0.5, 0.6) is 23.1 Å². The zero-order valence-corrected chi connectivity index (χ0v) is 21.6. The second kappa shape index (κ2) is 13.6. The first-order valence-electron chi connectivity index (χ1n) is 11.8. The monoisotopic (exact) mass is 548 g/mol. The predicted molar refractivity (Wildman–Crippen MR) is 139 cm³/mol. The Morgan fingerprint density at radius 1 is 1.11 bits per heavy atom. The average molecular weight is 549 g/mol. The number of nitrogens with one attached hydrogen (secondary N) is 2. The van der Waals surface area contributed by atoms with Gasteiger partial charge in [-0.3, -0.25) is 4.79 Å². The Hall–Kier alpha value is -3.87. The number of fused-ring (bicyclic) bond motifs is 1. The Kier molecular flexibility index (Phi) is 10.3. The molecule has 0 radical (unpaired) electrons. The van der Waals surface area contributed by atoms with Crippen molar-refractivity contribution in [2.45, 2.75) is 38.4 Å². The van der Waals surface area contributed by atoms with E-state index in [0.29, 0.717) is 34.6 Å². The number of benzene rings is 2. The molecule has 2 atom stereocenters. The van der Waals surface area contributed by atoms with Crippen LogP contribution >= 0.6 is 11.6 Å². The minimum Gasteiger partial charge on any atom is -0.493 e. The fraction of sp³-hybridized carbons (Fsp3) is 0.360. The fourth-order valence-electron chi connectivity index (χ4n) is 3.42. The summed E-state index contributed by atoms with van der Waals surface area (Å²) in [6, 6.07) is 7.58. The molecule has 0 aliphatic heterocycles. The standard InChI is InChI=1S/C25H29ClN4O8/c1-3-6-27-25(35)30-19-5-4-16(9-18(19)26)38-24-17-10-22(21(36-2)11-20(17)28-13-29-24)37-12-15(32)7-14(31)8-23(33)34/h4-5,9-11,13-15,31-32H,3,6-8,12H2,1-2H3,(H,33,34)(H2,27,30,35)/t14-,15+/m1/s1. The van der Waals surface area contributed by atoms with E-state index in [9.17, 15) is 19.8 Å². The molecule has 12 nitrogen and oxygen atoms in total. The van der Waals surface area contributed by atoms with Crippen LogP contribution < -0.4 is 24.8 Å². The van der Waals surface area contributed by atoms with Crippen molar-refractivity contribution in [1.82, 2.24) is 15.3 Å². The molecule has 2 aromatic carbocycles. The normalized spacial score (nSPS) is 12.4. The maximum absolute atomic E-state index is 11.9. The molecule has 0 saturated carbocycles. The molecule has 38 heavy (non-hydrogen) atoms. The van der Waals surface area contributed by atoms with Crippen molar-refractivity contribution in [3.63, 3.8) is 0 Å². The van der Waals surface area contributed by atoms with Gasteiger partial charge in [0.25, 0.3) is 0 Å². The van der Waals surface area contributed by atoms with Gasteiger partial charge in [-0.25, -0.2) is 14.8 Å². The third kappa shape index (κ3) is 8.07. The van der Waals surface area contributed by atoms with Crippen LogP contribution in [-0.4, -0.2) is 69.8 Å². The van der Waals surface area contributed by atoms with Crippen molar-refractivity contribution in [1.29, 1.82) is 0 Å². The third-order valence-electron chi connectivity index (χ3n) is 5.21. The first kappa shape index (κ1) is 28.7. The van der Waals surface area contributed by atoms with Gasteiger partial charge in [-0.05, 0) is 24.6 Å². The van der Waals surface area contributed by atoms with E-state index in [4.69, 9.17) is 30.9 Å². The number of carbonyl (C=O) groups is 2. The van der Waals surface area contributed by atoms with E-state index in [1.165, 1.54) is 19.5 Å². The number of amides is 2. The third-order valence-corrected chi connectivity index (χ3v) is 5.52. The van der Waals surface area contributed by atoms with Crippen LogP contribution in [0.15, 0.2) is 36.7 Å². The number of aromatic nitrogens is 2. The van der Waals surface area contributed by atoms with E-state index < -0.39 is 24.6 Å². The fourth-order valence-corrected chi connectivity index (χ4v) is 3.64. The lowest BCUT2D eigenvalue weighted by atomic mass is 10.1. The zero-order chi connectivity index (χ0) is 27.7. The first-order chi connectivity index (χ1) is 18.2. The Morgan fingerprint density at radius 2 is 1.89 bits per heavy atom. The summed E-state index contributed by atoms with van der Waals surface area (Å²) in [5, 5.41) is 34.8. The van der Waals surface area contributed by atoms with Crippen LogP contribution in [0, 0.1) is 0 Å². The molecule has 0 aliphatic carbocycles. The number of anilines is 1. The zero-order valence-electron chi connectivity index (χ0n) is 20.8. The number of halogens is 1. The van der Waals surface area contributed by atoms with Gasteiger partial charge >= 0.3 is 12.0 Å². The van der Waals surface area contributed by atoms with Crippen LogP contribution in [0.3, 0.4) is 0 Å². The number of aliphatic hydroxyl groups excluding tert-OH is 2. The van der Waals surface area contributed by atoms with Gasteiger partial charge in [0.15, 0.2) is 11.5 Å². The quantitative estimate of drug-likeness (QED) is 0.212. The van der Waals surface area contributed by atoms with Gasteiger partial charge in [0.1, 0.15) is 18.7 Å². The van der Waals surface area contributed by atoms with Gasteiger partial charge in [-0.1, -0.05) is 18.5 Å². The highest BCUT2D eigenvalue weighted by atomic mass is 35.5. The molecule has 0 saturated heterocycles. The van der Waals surface area contributed by atoms with Crippen LogP contribution in [0.2, 0.25) is 5.02 Å². The number of carboxylic acids is 1. The second-order valence-electron chi connectivity index (χ2n) is 8.28. The highest BCUT2D eigenvalue weighted by Crippen LogP contribution is 2.37. The summed E-state index contributed by atoms with van der Waals surface area (Å²) in [6.07, 6.45) is -0.868. The van der Waals surface area contributed by atoms with Crippen molar-refractivity contribution in [2.24, 2.45) is 0 Å². The molecule has 2 amide bonds. The molecule has 0 aliphatic rings. The summed E-state index contributed by atoms with van der Waals surface area (Å²) >= 11 is 6.33. The number of aliphatic hydroxyl groups is 2. The Balaban J connectivity index is 1.77. The highest BCUT2D eigenvalue weighted by Gasteiger charge is 2.18. The molecule has 0 fully saturated rings. The molecule has 5 N–H and O–H groups in total. The van der Waals surface area contributed by atoms with Gasteiger partial charge in [0, 0.05) is 25.1 Å². The molecule has 0 bridgehead atoms. The number of rotatable bonds is 13. The van der Waals surface area contributed by atoms with Gasteiger partial charge < -0.3 is 40.2 Å². The smallest absolute Gasteiger partial charge is 0.319 e. The highest BCUT2D eigenvalue weighted by molar-refractivity contribution is 6.33. The predicted octanol–water partition coefficient (Wildman–Crippen LogP) is 3.58. The van der Waals surface area contributed by atoms with Crippen LogP contribution in [0.25, 0.3) is 10.9 Å². The number of hydrogen-bond donors (Lipinski definition) is 5. The summed E-state index contributed by atoms with van der Waals surface area (Å²) in [4.78, 5) is 31.1. The van der Waals surface area contributed by atoms with Crippen LogP contribution in [-0.2, 0) is 4.79 Å². The topological polar surface area (TPSA) is 172 Å². The van der Waals surface area contributed by atoms with E-state index in [1.54, 1.807) is 24.3 Å². The minimum atomic E-state index is -1.21. The Morgan fingerprint density at radius 3 is 2.58 bits per heavy atom. The molecule has 3 rings (SSSR count). The maximum atomic E-state index is 11.9.